The van der Waals surface area contributed by atoms with Crippen LogP contribution in [0.3, 0.4) is 0 Å². The third-order valence-electron chi connectivity index (χ3n) is 1.96. The van der Waals surface area contributed by atoms with E-state index in [0.717, 1.165) is 5.69 Å². The second-order valence-electron chi connectivity index (χ2n) is 3.22. The van der Waals surface area contributed by atoms with Gasteiger partial charge < -0.3 is 10.6 Å². The molecule has 1 heterocycles. The molecule has 0 fully saturated rings. The summed E-state index contributed by atoms with van der Waals surface area (Å²) >= 11 is 4.66. The quantitative estimate of drug-likeness (QED) is 0.852. The van der Waals surface area contributed by atoms with Gasteiger partial charge in [0.1, 0.15) is 5.82 Å². The predicted octanol–water partition coefficient (Wildman–Crippen LogP) is 4.29. The number of carbonyl (C=O) groups excluding carboxylic acids is 1. The van der Waals surface area contributed by atoms with Gasteiger partial charge in [0.05, 0.1) is 11.4 Å². The maximum absolute atomic E-state index is 12.8. The first kappa shape index (κ1) is 12.1. The molecule has 17 heavy (non-hydrogen) atoms. The van der Waals surface area contributed by atoms with Crippen LogP contribution in [-0.4, -0.2) is 6.03 Å². The lowest BCUT2D eigenvalue weighted by Crippen LogP contribution is -2.19. The highest BCUT2D eigenvalue weighted by Crippen LogP contribution is 2.23. The SMILES string of the molecule is O=C(Nc1ccsc1)Nc1ccc(F)cc1Br. The van der Waals surface area contributed by atoms with Gasteiger partial charge in [-0.25, -0.2) is 9.18 Å². The molecule has 2 rings (SSSR count). The summed E-state index contributed by atoms with van der Waals surface area (Å²) in [4.78, 5) is 11.6. The van der Waals surface area contributed by atoms with Crippen molar-refractivity contribution in [2.45, 2.75) is 0 Å². The van der Waals surface area contributed by atoms with Crippen molar-refractivity contribution in [2.24, 2.45) is 0 Å². The van der Waals surface area contributed by atoms with Crippen LogP contribution in [0.2, 0.25) is 0 Å². The highest BCUT2D eigenvalue weighted by molar-refractivity contribution is 9.10. The van der Waals surface area contributed by atoms with Crippen LogP contribution in [0.15, 0.2) is 39.5 Å². The Morgan fingerprint density at radius 3 is 2.76 bits per heavy atom. The Kier molecular flexibility index (Phi) is 3.75. The van der Waals surface area contributed by atoms with Crippen LogP contribution in [0.4, 0.5) is 20.6 Å². The molecule has 0 unspecified atom stereocenters. The second kappa shape index (κ2) is 5.29. The number of rotatable bonds is 2. The highest BCUT2D eigenvalue weighted by Gasteiger charge is 2.06. The molecule has 1 aromatic carbocycles. The molecule has 2 aromatic rings. The topological polar surface area (TPSA) is 41.1 Å². The van der Waals surface area contributed by atoms with E-state index in [-0.39, 0.29) is 11.8 Å². The first-order chi connectivity index (χ1) is 8.15. The fourth-order valence-electron chi connectivity index (χ4n) is 1.21. The predicted molar refractivity (Wildman–Crippen MR) is 71.1 cm³/mol. The Labute approximate surface area is 110 Å². The van der Waals surface area contributed by atoms with E-state index in [0.29, 0.717) is 10.2 Å². The molecular weight excluding hydrogens is 307 g/mol. The molecule has 2 N–H and O–H groups in total. The Balaban J connectivity index is 2.03. The molecule has 0 bridgehead atoms. The van der Waals surface area contributed by atoms with Gasteiger partial charge in [-0.05, 0) is 45.6 Å². The highest BCUT2D eigenvalue weighted by atomic mass is 79.9. The van der Waals surface area contributed by atoms with Crippen molar-refractivity contribution in [1.29, 1.82) is 0 Å². The minimum atomic E-state index is -0.365. The molecule has 0 aliphatic carbocycles. The Bertz CT molecular complexity index is 530. The zero-order chi connectivity index (χ0) is 12.3. The van der Waals surface area contributed by atoms with Crippen LogP contribution in [-0.2, 0) is 0 Å². The molecule has 88 valence electrons. The van der Waals surface area contributed by atoms with Gasteiger partial charge >= 0.3 is 6.03 Å². The number of thiophene rings is 1. The van der Waals surface area contributed by atoms with E-state index in [1.807, 2.05) is 10.8 Å². The first-order valence-corrected chi connectivity index (χ1v) is 6.44. The van der Waals surface area contributed by atoms with Crippen LogP contribution < -0.4 is 10.6 Å². The van der Waals surface area contributed by atoms with Crippen molar-refractivity contribution in [1.82, 2.24) is 0 Å². The van der Waals surface area contributed by atoms with Crippen LogP contribution in [0, 0.1) is 5.82 Å². The van der Waals surface area contributed by atoms with E-state index in [1.54, 1.807) is 6.07 Å². The van der Waals surface area contributed by atoms with E-state index < -0.39 is 0 Å². The van der Waals surface area contributed by atoms with Crippen molar-refractivity contribution >= 4 is 44.7 Å². The maximum atomic E-state index is 12.8. The number of hydrogen-bond donors (Lipinski definition) is 2. The van der Waals surface area contributed by atoms with Crippen molar-refractivity contribution in [3.05, 3.63) is 45.3 Å². The van der Waals surface area contributed by atoms with Gasteiger partial charge in [-0.1, -0.05) is 0 Å². The van der Waals surface area contributed by atoms with Gasteiger partial charge in [0, 0.05) is 9.85 Å². The number of benzene rings is 1. The fourth-order valence-corrected chi connectivity index (χ4v) is 2.25. The van der Waals surface area contributed by atoms with Gasteiger partial charge in [0.15, 0.2) is 0 Å². The summed E-state index contributed by atoms with van der Waals surface area (Å²) in [6.45, 7) is 0. The summed E-state index contributed by atoms with van der Waals surface area (Å²) in [5.41, 5.74) is 1.24. The van der Waals surface area contributed by atoms with E-state index in [4.69, 9.17) is 0 Å². The molecule has 0 aliphatic rings. The van der Waals surface area contributed by atoms with Gasteiger partial charge in [-0.2, -0.15) is 11.3 Å². The average Bonchev–Trinajstić information content (AvgIpc) is 2.75. The lowest BCUT2D eigenvalue weighted by molar-refractivity contribution is 0.262. The lowest BCUT2D eigenvalue weighted by Gasteiger charge is -2.07. The largest absolute Gasteiger partial charge is 0.323 e. The van der Waals surface area contributed by atoms with Crippen molar-refractivity contribution < 1.29 is 9.18 Å². The monoisotopic (exact) mass is 314 g/mol. The third-order valence-corrected chi connectivity index (χ3v) is 3.30. The standard InChI is InChI=1S/C11H8BrFN2OS/c12-9-5-7(13)1-2-10(9)15-11(16)14-8-3-4-17-6-8/h1-6H,(H2,14,15,16). The Morgan fingerprint density at radius 1 is 1.29 bits per heavy atom. The molecule has 2 amide bonds. The van der Waals surface area contributed by atoms with Gasteiger partial charge in [0.25, 0.3) is 0 Å². The molecule has 6 heteroatoms. The van der Waals surface area contributed by atoms with Gasteiger partial charge in [-0.15, -0.1) is 0 Å². The minimum absolute atomic E-state index is 0.360. The van der Waals surface area contributed by atoms with Gasteiger partial charge in [0.2, 0.25) is 0 Å². The molecule has 1 aromatic heterocycles. The summed E-state index contributed by atoms with van der Waals surface area (Å²) in [7, 11) is 0. The summed E-state index contributed by atoms with van der Waals surface area (Å²) in [5, 5.41) is 8.96. The molecule has 0 atom stereocenters. The van der Waals surface area contributed by atoms with E-state index in [1.165, 1.54) is 29.5 Å². The van der Waals surface area contributed by atoms with E-state index in [9.17, 15) is 9.18 Å². The minimum Gasteiger partial charge on any atom is -0.307 e. The zero-order valence-electron chi connectivity index (χ0n) is 8.54. The van der Waals surface area contributed by atoms with Gasteiger partial charge in [-0.3, -0.25) is 0 Å². The molecule has 0 saturated heterocycles. The van der Waals surface area contributed by atoms with Crippen LogP contribution in [0.5, 0.6) is 0 Å². The van der Waals surface area contributed by atoms with Crippen LogP contribution in [0.25, 0.3) is 0 Å². The molecule has 0 radical (unpaired) electrons. The normalized spacial score (nSPS) is 10.0. The number of amides is 2. The summed E-state index contributed by atoms with van der Waals surface area (Å²) < 4.78 is 13.3. The molecule has 3 nitrogen and oxygen atoms in total. The number of hydrogen-bond acceptors (Lipinski definition) is 2. The average molecular weight is 315 g/mol. The number of halogens is 2. The lowest BCUT2D eigenvalue weighted by atomic mass is 10.3. The number of urea groups is 1. The fraction of sp³-hybridized carbons (Fsp3) is 0. The van der Waals surface area contributed by atoms with Crippen LogP contribution >= 0.6 is 27.3 Å². The Hall–Kier alpha value is -1.40. The number of anilines is 2. The maximum Gasteiger partial charge on any atom is 0.323 e. The molecule has 0 spiro atoms. The third kappa shape index (κ3) is 3.28. The molecular formula is C11H8BrFN2OS. The summed E-state index contributed by atoms with van der Waals surface area (Å²) in [6, 6.07) is 5.50. The molecule has 0 aliphatic heterocycles. The number of nitrogens with one attached hydrogen (secondary N) is 2. The smallest absolute Gasteiger partial charge is 0.307 e. The van der Waals surface area contributed by atoms with Crippen molar-refractivity contribution in [3.63, 3.8) is 0 Å². The van der Waals surface area contributed by atoms with E-state index in [2.05, 4.69) is 26.6 Å². The summed E-state index contributed by atoms with van der Waals surface area (Å²) in [5.74, 6) is -0.360. The van der Waals surface area contributed by atoms with Crippen LogP contribution in [0.1, 0.15) is 0 Å². The molecule has 0 saturated carbocycles. The number of carbonyl (C=O) groups is 1. The Morgan fingerprint density at radius 2 is 2.12 bits per heavy atom. The summed E-state index contributed by atoms with van der Waals surface area (Å²) in [6.07, 6.45) is 0. The zero-order valence-corrected chi connectivity index (χ0v) is 10.9. The van der Waals surface area contributed by atoms with Crippen molar-refractivity contribution in [2.75, 3.05) is 10.6 Å². The van der Waals surface area contributed by atoms with Crippen molar-refractivity contribution in [3.8, 4) is 0 Å². The second-order valence-corrected chi connectivity index (χ2v) is 4.85. The van der Waals surface area contributed by atoms with E-state index >= 15 is 0 Å². The first-order valence-electron chi connectivity index (χ1n) is 4.70.